The SMILES string of the molecule is C1NNNP1. The van der Waals surface area contributed by atoms with Gasteiger partial charge in [-0.05, 0) is 8.73 Å². The van der Waals surface area contributed by atoms with Crippen LogP contribution in [0.3, 0.4) is 0 Å². The Hall–Kier alpha value is 0.310. The van der Waals surface area contributed by atoms with Gasteiger partial charge in [0, 0.05) is 6.29 Å². The molecule has 0 aliphatic carbocycles. The lowest BCUT2D eigenvalue weighted by Crippen LogP contribution is -2.28. The predicted octanol–water partition coefficient (Wildman–Crippen LogP) is -0.850. The van der Waals surface area contributed by atoms with Crippen LogP contribution >= 0.6 is 8.73 Å². The van der Waals surface area contributed by atoms with E-state index < -0.39 is 0 Å². The molecule has 0 amide bonds. The normalized spacial score (nSPS) is 28.8. The van der Waals surface area contributed by atoms with E-state index in [9.17, 15) is 0 Å². The smallest absolute Gasteiger partial charge is 0.0431 e. The maximum atomic E-state index is 2.89. The predicted molar refractivity (Wildman–Crippen MR) is 22.6 cm³/mol. The lowest BCUT2D eigenvalue weighted by atomic mass is 11.5. The second kappa shape index (κ2) is 1.67. The van der Waals surface area contributed by atoms with Gasteiger partial charge in [0.1, 0.15) is 0 Å². The summed E-state index contributed by atoms with van der Waals surface area (Å²) < 4.78 is 0. The molecule has 3 N–H and O–H groups in total. The highest BCUT2D eigenvalue weighted by Crippen LogP contribution is 1.97. The molecule has 4 heteroatoms. The Balaban J connectivity index is 2.08. The van der Waals surface area contributed by atoms with Crippen molar-refractivity contribution in [3.8, 4) is 0 Å². The van der Waals surface area contributed by atoms with Crippen molar-refractivity contribution in [3.63, 3.8) is 0 Å². The summed E-state index contributed by atoms with van der Waals surface area (Å²) in [6.45, 7) is 0. The van der Waals surface area contributed by atoms with E-state index in [0.29, 0.717) is 0 Å². The summed E-state index contributed by atoms with van der Waals surface area (Å²) in [7, 11) is 0.836. The van der Waals surface area contributed by atoms with Gasteiger partial charge in [0.15, 0.2) is 0 Å². The highest BCUT2D eigenvalue weighted by molar-refractivity contribution is 7.35. The third-order valence-electron chi connectivity index (χ3n) is 0.416. The van der Waals surface area contributed by atoms with Crippen LogP contribution in [-0.2, 0) is 0 Å². The molecule has 1 rings (SSSR count). The molecular formula is CH6N3P. The molecule has 3 nitrogen and oxygen atoms in total. The summed E-state index contributed by atoms with van der Waals surface area (Å²) >= 11 is 0. The van der Waals surface area contributed by atoms with Crippen molar-refractivity contribution in [3.05, 3.63) is 0 Å². The molecule has 0 saturated carbocycles. The highest BCUT2D eigenvalue weighted by atomic mass is 31.1. The first-order chi connectivity index (χ1) is 2.50. The molecule has 30 valence electrons. The summed E-state index contributed by atoms with van der Waals surface area (Å²) in [5.41, 5.74) is 5.61. The van der Waals surface area contributed by atoms with Crippen molar-refractivity contribution >= 4 is 8.73 Å². The fourth-order valence-corrected chi connectivity index (χ4v) is 0.663. The van der Waals surface area contributed by atoms with E-state index in [-0.39, 0.29) is 0 Å². The number of hydrazine groups is 2. The van der Waals surface area contributed by atoms with Gasteiger partial charge in [0.05, 0.1) is 0 Å². The number of rotatable bonds is 0. The summed E-state index contributed by atoms with van der Waals surface area (Å²) in [5.74, 6) is 0. The number of hydrogen-bond acceptors (Lipinski definition) is 3. The third-order valence-corrected chi connectivity index (χ3v) is 1.07. The maximum absolute atomic E-state index is 2.89. The first-order valence-corrected chi connectivity index (χ1v) is 2.66. The monoisotopic (exact) mass is 91.0 g/mol. The zero-order valence-corrected chi connectivity index (χ0v) is 3.71. The van der Waals surface area contributed by atoms with Gasteiger partial charge in [0.2, 0.25) is 0 Å². The van der Waals surface area contributed by atoms with Crippen LogP contribution in [-0.4, -0.2) is 6.29 Å². The van der Waals surface area contributed by atoms with Crippen LogP contribution in [0.2, 0.25) is 0 Å². The van der Waals surface area contributed by atoms with Gasteiger partial charge in [-0.15, -0.1) is 0 Å². The first kappa shape index (κ1) is 3.50. The zero-order chi connectivity index (χ0) is 3.54. The third kappa shape index (κ3) is 0.816. The Morgan fingerprint density at radius 2 is 2.60 bits per heavy atom. The average molecular weight is 91.1 g/mol. The van der Waals surface area contributed by atoms with Crippen molar-refractivity contribution in [2.45, 2.75) is 0 Å². The molecule has 1 heterocycles. The topological polar surface area (TPSA) is 36.1 Å². The molecule has 0 aromatic carbocycles. The minimum Gasteiger partial charge on any atom is -0.239 e. The fraction of sp³-hybridized carbons (Fsp3) is 1.00. The van der Waals surface area contributed by atoms with Crippen molar-refractivity contribution in [2.24, 2.45) is 0 Å². The molecular weight excluding hydrogens is 85.0 g/mol. The molecule has 1 saturated heterocycles. The van der Waals surface area contributed by atoms with Gasteiger partial charge in [-0.25, -0.2) is 10.6 Å². The zero-order valence-electron chi connectivity index (χ0n) is 2.71. The van der Waals surface area contributed by atoms with E-state index in [1.807, 2.05) is 0 Å². The second-order valence-corrected chi connectivity index (χ2v) is 1.74. The molecule has 1 aliphatic rings. The number of nitrogens with one attached hydrogen (secondary N) is 3. The molecule has 0 radical (unpaired) electrons. The van der Waals surface area contributed by atoms with E-state index in [4.69, 9.17) is 0 Å². The van der Waals surface area contributed by atoms with Gasteiger partial charge < -0.3 is 0 Å². The van der Waals surface area contributed by atoms with E-state index in [0.717, 1.165) is 15.0 Å². The van der Waals surface area contributed by atoms with Crippen LogP contribution in [0.25, 0.3) is 0 Å². The summed E-state index contributed by atoms with van der Waals surface area (Å²) in [4.78, 5) is 0. The standard InChI is InChI=1S/CH6N3P/c1-2-3-4-5-1/h2-5H,1H2. The van der Waals surface area contributed by atoms with E-state index in [1.54, 1.807) is 0 Å². The average Bonchev–Trinajstić information content (AvgIpc) is 1.76. The molecule has 1 aliphatic heterocycles. The van der Waals surface area contributed by atoms with Crippen LogP contribution in [0.5, 0.6) is 0 Å². The second-order valence-electron chi connectivity index (χ2n) is 0.780. The Labute approximate surface area is 32.3 Å². The van der Waals surface area contributed by atoms with Gasteiger partial charge in [-0.3, -0.25) is 0 Å². The lowest BCUT2D eigenvalue weighted by molar-refractivity contribution is 0.611. The summed E-state index contributed by atoms with van der Waals surface area (Å²) in [6.07, 6.45) is 1.06. The molecule has 1 atom stereocenters. The summed E-state index contributed by atoms with van der Waals surface area (Å²) in [6, 6.07) is 0. The van der Waals surface area contributed by atoms with Crippen LogP contribution in [0.4, 0.5) is 0 Å². The maximum Gasteiger partial charge on any atom is 0.0431 e. The Morgan fingerprint density at radius 3 is 2.80 bits per heavy atom. The quantitative estimate of drug-likeness (QED) is 0.340. The number of hydrogen-bond donors (Lipinski definition) is 3. The molecule has 1 unspecified atom stereocenters. The molecule has 0 aromatic heterocycles. The van der Waals surface area contributed by atoms with Crippen LogP contribution < -0.4 is 16.2 Å². The molecule has 0 spiro atoms. The van der Waals surface area contributed by atoms with Crippen LogP contribution in [0, 0.1) is 0 Å². The van der Waals surface area contributed by atoms with E-state index in [1.165, 1.54) is 0 Å². The van der Waals surface area contributed by atoms with Gasteiger partial charge in [-0.2, -0.15) is 5.53 Å². The molecule has 0 bridgehead atoms. The molecule has 5 heavy (non-hydrogen) atoms. The molecule has 0 aromatic rings. The minimum atomic E-state index is 0.836. The first-order valence-electron chi connectivity index (χ1n) is 1.46. The van der Waals surface area contributed by atoms with Crippen molar-refractivity contribution < 1.29 is 0 Å². The van der Waals surface area contributed by atoms with Crippen LogP contribution in [0.15, 0.2) is 0 Å². The van der Waals surface area contributed by atoms with Gasteiger partial charge in [0.25, 0.3) is 0 Å². The van der Waals surface area contributed by atoms with Gasteiger partial charge >= 0.3 is 0 Å². The summed E-state index contributed by atoms with van der Waals surface area (Å²) in [5, 5.41) is 2.89. The minimum absolute atomic E-state index is 0.836. The Kier molecular flexibility index (Phi) is 1.17. The van der Waals surface area contributed by atoms with Crippen LogP contribution in [0.1, 0.15) is 0 Å². The van der Waals surface area contributed by atoms with E-state index in [2.05, 4.69) is 16.2 Å². The highest BCUT2D eigenvalue weighted by Gasteiger charge is 1.88. The Morgan fingerprint density at radius 1 is 1.60 bits per heavy atom. The van der Waals surface area contributed by atoms with Gasteiger partial charge in [-0.1, -0.05) is 0 Å². The van der Waals surface area contributed by atoms with Crippen molar-refractivity contribution in [1.29, 1.82) is 0 Å². The van der Waals surface area contributed by atoms with Crippen molar-refractivity contribution in [2.75, 3.05) is 6.29 Å². The van der Waals surface area contributed by atoms with Crippen molar-refractivity contribution in [1.82, 2.24) is 16.2 Å². The lowest BCUT2D eigenvalue weighted by Gasteiger charge is -1.82. The Bertz CT molecular complexity index is 18.5. The molecule has 1 fully saturated rings. The largest absolute Gasteiger partial charge is 0.239 e. The fourth-order valence-electron chi connectivity index (χ4n) is 0.221. The van der Waals surface area contributed by atoms with E-state index >= 15 is 0 Å².